The first kappa shape index (κ1) is 18.2. The van der Waals surface area contributed by atoms with Gasteiger partial charge >= 0.3 is 5.97 Å². The molecule has 0 aliphatic heterocycles. The van der Waals surface area contributed by atoms with Crippen LogP contribution in [0.25, 0.3) is 11.1 Å². The van der Waals surface area contributed by atoms with Crippen molar-refractivity contribution in [2.45, 2.75) is 32.1 Å². The van der Waals surface area contributed by atoms with Crippen molar-refractivity contribution in [2.75, 3.05) is 5.73 Å². The highest BCUT2D eigenvalue weighted by atomic mass is 16.5. The summed E-state index contributed by atoms with van der Waals surface area (Å²) >= 11 is 0. The second-order valence-corrected chi connectivity index (χ2v) is 6.50. The summed E-state index contributed by atoms with van der Waals surface area (Å²) in [6, 6.07) is 10.1. The van der Waals surface area contributed by atoms with Gasteiger partial charge in [-0.1, -0.05) is 31.4 Å². The average molecular weight is 362 g/mol. The molecule has 7 nitrogen and oxygen atoms in total. The zero-order valence-electron chi connectivity index (χ0n) is 14.6. The molecule has 0 atom stereocenters. The number of aromatic amines is 1. The van der Waals surface area contributed by atoms with Crippen LogP contribution in [-0.2, 0) is 4.79 Å². The molecule has 0 bridgehead atoms. The quantitative estimate of drug-likeness (QED) is 0.637. The summed E-state index contributed by atoms with van der Waals surface area (Å²) in [5, 5.41) is 18.7. The highest BCUT2D eigenvalue weighted by Crippen LogP contribution is 2.30. The number of aromatic nitrogens is 1. The number of ether oxygens (including phenoxy) is 1. The normalized spacial score (nSPS) is 14.1. The number of rotatable bonds is 3. The van der Waals surface area contributed by atoms with Gasteiger partial charge in [-0.25, -0.2) is 0 Å². The third-order valence-electron chi connectivity index (χ3n) is 4.77. The number of esters is 1. The summed E-state index contributed by atoms with van der Waals surface area (Å²) in [6.45, 7) is 0. The largest absolute Gasteiger partial charge is 0.426 e. The molecule has 1 aromatic carbocycles. The third kappa shape index (κ3) is 3.68. The first-order valence-corrected chi connectivity index (χ1v) is 8.73. The lowest BCUT2D eigenvalue weighted by Gasteiger charge is -2.19. The number of H-pyrrole nitrogens is 1. The summed E-state index contributed by atoms with van der Waals surface area (Å²) in [7, 11) is 0. The molecule has 1 aliphatic rings. The van der Waals surface area contributed by atoms with Gasteiger partial charge in [0.15, 0.2) is 0 Å². The van der Waals surface area contributed by atoms with E-state index in [2.05, 4.69) is 4.98 Å². The molecule has 3 N–H and O–H groups in total. The lowest BCUT2D eigenvalue weighted by atomic mass is 9.89. The Kier molecular flexibility index (Phi) is 5.23. The maximum absolute atomic E-state index is 12.2. The predicted octanol–water partition coefficient (Wildman–Crippen LogP) is 2.85. The molecule has 1 fully saturated rings. The number of benzene rings is 1. The number of hydrogen-bond acceptors (Lipinski definition) is 6. The average Bonchev–Trinajstić information content (AvgIpc) is 2.69. The van der Waals surface area contributed by atoms with Crippen molar-refractivity contribution in [3.63, 3.8) is 0 Å². The molecule has 2 aromatic rings. The van der Waals surface area contributed by atoms with E-state index in [0.717, 1.165) is 32.1 Å². The number of anilines is 1. The number of carbonyl (C=O) groups excluding carboxylic acids is 1. The number of nitrogen functional groups attached to an aromatic ring is 1. The topological polar surface area (TPSA) is 133 Å². The van der Waals surface area contributed by atoms with Crippen LogP contribution in [0.1, 0.15) is 43.2 Å². The van der Waals surface area contributed by atoms with Crippen molar-refractivity contribution in [1.82, 2.24) is 4.98 Å². The van der Waals surface area contributed by atoms with Gasteiger partial charge in [0, 0.05) is 5.56 Å². The maximum atomic E-state index is 12.2. The van der Waals surface area contributed by atoms with Gasteiger partial charge in [-0.2, -0.15) is 10.5 Å². The van der Waals surface area contributed by atoms with Crippen LogP contribution in [-0.4, -0.2) is 11.0 Å². The Morgan fingerprint density at radius 3 is 2.30 bits per heavy atom. The van der Waals surface area contributed by atoms with Crippen LogP contribution < -0.4 is 16.0 Å². The molecule has 136 valence electrons. The summed E-state index contributed by atoms with van der Waals surface area (Å²) in [5.41, 5.74) is 5.54. The fourth-order valence-corrected chi connectivity index (χ4v) is 3.36. The van der Waals surface area contributed by atoms with Gasteiger partial charge in [-0.3, -0.25) is 9.59 Å². The Morgan fingerprint density at radius 2 is 1.70 bits per heavy atom. The van der Waals surface area contributed by atoms with Gasteiger partial charge in [0.1, 0.15) is 34.8 Å². The smallest absolute Gasteiger partial charge is 0.314 e. The van der Waals surface area contributed by atoms with Gasteiger partial charge in [0.25, 0.3) is 5.56 Å². The van der Waals surface area contributed by atoms with E-state index in [0.29, 0.717) is 11.3 Å². The molecule has 27 heavy (non-hydrogen) atoms. The molecular weight excluding hydrogens is 344 g/mol. The lowest BCUT2D eigenvalue weighted by Crippen LogP contribution is -2.22. The van der Waals surface area contributed by atoms with Crippen LogP contribution in [0, 0.1) is 28.6 Å². The van der Waals surface area contributed by atoms with Gasteiger partial charge in [0.2, 0.25) is 0 Å². The SMILES string of the molecule is N#Cc1c(N)[nH]c(=O)c(C#N)c1-c1ccc(OC(=O)C2CCCCC2)cc1. The maximum Gasteiger partial charge on any atom is 0.314 e. The molecule has 3 rings (SSSR count). The van der Waals surface area contributed by atoms with Gasteiger partial charge in [0.05, 0.1) is 5.92 Å². The molecule has 1 saturated carbocycles. The van der Waals surface area contributed by atoms with Crippen LogP contribution in [0.4, 0.5) is 5.82 Å². The first-order valence-electron chi connectivity index (χ1n) is 8.73. The summed E-state index contributed by atoms with van der Waals surface area (Å²) < 4.78 is 5.44. The van der Waals surface area contributed by atoms with Crippen LogP contribution >= 0.6 is 0 Å². The number of nitrogens with one attached hydrogen (secondary N) is 1. The van der Waals surface area contributed by atoms with E-state index in [1.807, 2.05) is 12.1 Å². The summed E-state index contributed by atoms with van der Waals surface area (Å²) in [6.07, 6.45) is 4.92. The van der Waals surface area contributed by atoms with E-state index in [1.165, 1.54) is 0 Å². The van der Waals surface area contributed by atoms with E-state index >= 15 is 0 Å². The number of nitrogens with zero attached hydrogens (tertiary/aromatic N) is 2. The minimum atomic E-state index is -0.656. The number of hydrogen-bond donors (Lipinski definition) is 2. The van der Waals surface area contributed by atoms with E-state index < -0.39 is 5.56 Å². The van der Waals surface area contributed by atoms with Gasteiger partial charge in [-0.05, 0) is 30.5 Å². The van der Waals surface area contributed by atoms with Crippen molar-refractivity contribution in [2.24, 2.45) is 5.92 Å². The van der Waals surface area contributed by atoms with E-state index in [1.54, 1.807) is 24.3 Å². The zero-order chi connectivity index (χ0) is 19.4. The molecule has 0 radical (unpaired) electrons. The fourth-order valence-electron chi connectivity index (χ4n) is 3.36. The molecule has 1 heterocycles. The number of carbonyl (C=O) groups is 1. The van der Waals surface area contributed by atoms with Crippen molar-refractivity contribution >= 4 is 11.8 Å². The highest BCUT2D eigenvalue weighted by molar-refractivity contribution is 5.81. The molecule has 0 saturated heterocycles. The van der Waals surface area contributed by atoms with Crippen LogP contribution in [0.5, 0.6) is 5.75 Å². The summed E-state index contributed by atoms with van der Waals surface area (Å²) in [5.74, 6) is -0.0204. The van der Waals surface area contributed by atoms with E-state index in [9.17, 15) is 20.1 Å². The Morgan fingerprint density at radius 1 is 1.07 bits per heavy atom. The zero-order valence-corrected chi connectivity index (χ0v) is 14.6. The minimum absolute atomic E-state index is 0.0260. The van der Waals surface area contributed by atoms with Gasteiger partial charge < -0.3 is 15.5 Å². The summed E-state index contributed by atoms with van der Waals surface area (Å²) in [4.78, 5) is 26.5. The fraction of sp³-hybridized carbons (Fsp3) is 0.300. The Hall–Kier alpha value is -3.58. The highest BCUT2D eigenvalue weighted by Gasteiger charge is 2.23. The van der Waals surface area contributed by atoms with Crippen LogP contribution in [0.3, 0.4) is 0 Å². The molecule has 0 spiro atoms. The number of nitriles is 2. The van der Waals surface area contributed by atoms with Gasteiger partial charge in [-0.15, -0.1) is 0 Å². The second kappa shape index (κ2) is 7.76. The minimum Gasteiger partial charge on any atom is -0.426 e. The molecular formula is C20H18N4O3. The van der Waals surface area contributed by atoms with E-state index in [4.69, 9.17) is 10.5 Å². The van der Waals surface area contributed by atoms with E-state index in [-0.39, 0.29) is 34.4 Å². The molecule has 0 amide bonds. The van der Waals surface area contributed by atoms with Crippen molar-refractivity contribution < 1.29 is 9.53 Å². The third-order valence-corrected chi connectivity index (χ3v) is 4.77. The van der Waals surface area contributed by atoms with Crippen LogP contribution in [0.2, 0.25) is 0 Å². The Bertz CT molecular complexity index is 1000. The molecule has 1 aromatic heterocycles. The van der Waals surface area contributed by atoms with Crippen molar-refractivity contribution in [3.05, 3.63) is 45.7 Å². The number of nitrogens with two attached hydrogens (primary N) is 1. The number of pyridine rings is 1. The van der Waals surface area contributed by atoms with Crippen molar-refractivity contribution in [1.29, 1.82) is 10.5 Å². The second-order valence-electron chi connectivity index (χ2n) is 6.50. The molecule has 0 unspecified atom stereocenters. The Balaban J connectivity index is 1.90. The monoisotopic (exact) mass is 362 g/mol. The van der Waals surface area contributed by atoms with Crippen molar-refractivity contribution in [3.8, 4) is 29.0 Å². The first-order chi connectivity index (χ1) is 13.0. The molecule has 7 heteroatoms. The Labute approximate surface area is 156 Å². The van der Waals surface area contributed by atoms with Crippen LogP contribution in [0.15, 0.2) is 29.1 Å². The molecule has 1 aliphatic carbocycles. The predicted molar refractivity (Wildman–Crippen MR) is 98.6 cm³/mol. The standard InChI is InChI=1S/C20H18N4O3/c21-10-15-17(16(11-22)19(25)24-18(15)23)12-6-8-14(9-7-12)27-20(26)13-4-2-1-3-5-13/h6-9,13H,1-5H2,(H3,23,24,25). The lowest BCUT2D eigenvalue weighted by molar-refractivity contribution is -0.139.